The van der Waals surface area contributed by atoms with Crippen LogP contribution in [0.15, 0.2) is 57.9 Å². The topological polar surface area (TPSA) is 114 Å². The molecule has 2 aromatic carbocycles. The van der Waals surface area contributed by atoms with E-state index in [1.165, 1.54) is 43.5 Å². The molecule has 0 bridgehead atoms. The van der Waals surface area contributed by atoms with Crippen LogP contribution in [0.3, 0.4) is 0 Å². The molecule has 0 radical (unpaired) electrons. The van der Waals surface area contributed by atoms with Crippen molar-refractivity contribution >= 4 is 49.4 Å². The molecule has 2 amide bonds. The third-order valence-electron chi connectivity index (χ3n) is 6.18. The molecule has 2 aliphatic heterocycles. The molecule has 2 fully saturated rings. The molecule has 36 heavy (non-hydrogen) atoms. The number of morpholine rings is 1. The number of ether oxygens (including phenoxy) is 2. The van der Waals surface area contributed by atoms with E-state index >= 15 is 0 Å². The predicted octanol–water partition coefficient (Wildman–Crippen LogP) is 1.89. The quantitative estimate of drug-likeness (QED) is 0.344. The van der Waals surface area contributed by atoms with Crippen molar-refractivity contribution in [1.82, 2.24) is 9.21 Å². The molecule has 4 rings (SSSR count). The molecule has 0 aromatic heterocycles. The van der Waals surface area contributed by atoms with Crippen molar-refractivity contribution in [3.63, 3.8) is 0 Å². The third-order valence-corrected chi connectivity index (χ3v) is 8.63. The van der Waals surface area contributed by atoms with Crippen LogP contribution in [0.2, 0.25) is 0 Å². The lowest BCUT2D eigenvalue weighted by Gasteiger charge is -2.31. The lowest BCUT2D eigenvalue weighted by Crippen LogP contribution is -2.49. The number of rotatable bonds is 8. The zero-order valence-electron chi connectivity index (χ0n) is 19.6. The number of amides is 2. The van der Waals surface area contributed by atoms with Gasteiger partial charge in [-0.3, -0.25) is 14.5 Å². The molecule has 12 heteroatoms. The Morgan fingerprint density at radius 3 is 2.33 bits per heavy atom. The minimum absolute atomic E-state index is 0.0359. The summed E-state index contributed by atoms with van der Waals surface area (Å²) in [4.78, 5) is 41.2. The maximum absolute atomic E-state index is 13.7. The summed E-state index contributed by atoms with van der Waals surface area (Å²) in [5.74, 6) is -1.69. The van der Waals surface area contributed by atoms with Crippen LogP contribution in [-0.4, -0.2) is 88.0 Å². The van der Waals surface area contributed by atoms with Crippen molar-refractivity contribution in [3.8, 4) is 0 Å². The summed E-state index contributed by atoms with van der Waals surface area (Å²) in [5.41, 5.74) is 0.524. The molecule has 0 saturated carbocycles. The molecule has 2 saturated heterocycles. The standard InChI is InChI=1S/C24H26BrN3O7S/c1-34-24(31)17-2-6-19(7-3-17)28-22(29)16-21(23(28)30)27(11-10-26-12-14-35-15-13-26)36(32,33)20-8-4-18(25)5-9-20/h2-9,21H,10-16H2,1H3. The van der Waals surface area contributed by atoms with Gasteiger partial charge >= 0.3 is 5.97 Å². The molecule has 2 aromatic rings. The fourth-order valence-corrected chi connectivity index (χ4v) is 6.06. The maximum Gasteiger partial charge on any atom is 0.337 e. The molecule has 0 N–H and O–H groups in total. The third kappa shape index (κ3) is 5.52. The molecule has 10 nitrogen and oxygen atoms in total. The number of carbonyl (C=O) groups excluding carboxylic acids is 3. The van der Waals surface area contributed by atoms with E-state index in [2.05, 4.69) is 25.6 Å². The summed E-state index contributed by atoms with van der Waals surface area (Å²) >= 11 is 3.31. The van der Waals surface area contributed by atoms with Crippen molar-refractivity contribution in [1.29, 1.82) is 0 Å². The molecule has 1 atom stereocenters. The minimum atomic E-state index is -4.09. The normalized spacial score (nSPS) is 19.2. The number of halogens is 1. The van der Waals surface area contributed by atoms with Crippen LogP contribution >= 0.6 is 15.9 Å². The number of anilines is 1. The summed E-state index contributed by atoms with van der Waals surface area (Å²) in [7, 11) is -2.84. The van der Waals surface area contributed by atoms with Gasteiger partial charge < -0.3 is 9.47 Å². The van der Waals surface area contributed by atoms with E-state index in [0.29, 0.717) is 32.8 Å². The van der Waals surface area contributed by atoms with E-state index < -0.39 is 33.8 Å². The minimum Gasteiger partial charge on any atom is -0.465 e. The molecule has 2 heterocycles. The summed E-state index contributed by atoms with van der Waals surface area (Å²) < 4.78 is 39.3. The van der Waals surface area contributed by atoms with Gasteiger partial charge in [-0.2, -0.15) is 4.31 Å². The number of esters is 1. The van der Waals surface area contributed by atoms with E-state index in [1.807, 2.05) is 0 Å². The van der Waals surface area contributed by atoms with Gasteiger partial charge in [0.2, 0.25) is 15.9 Å². The number of carbonyl (C=O) groups is 3. The zero-order chi connectivity index (χ0) is 25.9. The van der Waals surface area contributed by atoms with E-state index in [9.17, 15) is 22.8 Å². The number of hydrogen-bond acceptors (Lipinski definition) is 8. The van der Waals surface area contributed by atoms with Gasteiger partial charge in [0, 0.05) is 30.7 Å². The van der Waals surface area contributed by atoms with Crippen LogP contribution in [0.25, 0.3) is 0 Å². The summed E-state index contributed by atoms with van der Waals surface area (Å²) in [5, 5.41) is 0. The number of nitrogens with zero attached hydrogens (tertiary/aromatic N) is 3. The second-order valence-corrected chi connectivity index (χ2v) is 11.2. The molecular weight excluding hydrogens is 554 g/mol. The van der Waals surface area contributed by atoms with Crippen LogP contribution in [0.4, 0.5) is 5.69 Å². The molecule has 1 unspecified atom stereocenters. The van der Waals surface area contributed by atoms with Gasteiger partial charge in [-0.15, -0.1) is 0 Å². The molecular formula is C24H26BrN3O7S. The fraction of sp³-hybridized carbons (Fsp3) is 0.375. The van der Waals surface area contributed by atoms with Crippen molar-refractivity contribution in [2.75, 3.05) is 51.4 Å². The van der Waals surface area contributed by atoms with E-state index in [0.717, 1.165) is 13.7 Å². The summed E-state index contributed by atoms with van der Waals surface area (Å²) in [6, 6.07) is 10.8. The molecule has 2 aliphatic rings. The van der Waals surface area contributed by atoms with Crippen LogP contribution in [0.5, 0.6) is 0 Å². The number of sulfonamides is 1. The second-order valence-electron chi connectivity index (χ2n) is 8.35. The molecule has 0 spiro atoms. The lowest BCUT2D eigenvalue weighted by atomic mass is 10.2. The zero-order valence-corrected chi connectivity index (χ0v) is 22.0. The summed E-state index contributed by atoms with van der Waals surface area (Å²) in [6.45, 7) is 2.85. The first-order valence-electron chi connectivity index (χ1n) is 11.3. The Morgan fingerprint density at radius 1 is 1.08 bits per heavy atom. The first kappa shape index (κ1) is 26.4. The Balaban J connectivity index is 1.63. The Kier molecular flexibility index (Phi) is 8.20. The van der Waals surface area contributed by atoms with Gasteiger partial charge in [0.25, 0.3) is 5.91 Å². The first-order valence-corrected chi connectivity index (χ1v) is 13.6. The van der Waals surface area contributed by atoms with Crippen molar-refractivity contribution in [3.05, 3.63) is 58.6 Å². The Hall–Kier alpha value is -2.64. The maximum atomic E-state index is 13.7. The average molecular weight is 580 g/mol. The Bertz CT molecular complexity index is 1230. The predicted molar refractivity (Wildman–Crippen MR) is 134 cm³/mol. The van der Waals surface area contributed by atoms with Gasteiger partial charge in [0.05, 0.1) is 42.9 Å². The van der Waals surface area contributed by atoms with Gasteiger partial charge in [0.1, 0.15) is 6.04 Å². The van der Waals surface area contributed by atoms with Gasteiger partial charge in [-0.1, -0.05) is 15.9 Å². The van der Waals surface area contributed by atoms with Crippen LogP contribution in [0, 0.1) is 0 Å². The fourth-order valence-electron chi connectivity index (χ4n) is 4.23. The van der Waals surface area contributed by atoms with Crippen LogP contribution in [-0.2, 0) is 29.1 Å². The number of benzene rings is 2. The van der Waals surface area contributed by atoms with Gasteiger partial charge in [-0.25, -0.2) is 18.1 Å². The molecule has 0 aliphatic carbocycles. The van der Waals surface area contributed by atoms with E-state index in [1.54, 1.807) is 12.1 Å². The van der Waals surface area contributed by atoms with E-state index in [4.69, 9.17) is 4.74 Å². The average Bonchev–Trinajstić information content (AvgIpc) is 3.17. The summed E-state index contributed by atoms with van der Waals surface area (Å²) in [6.07, 6.45) is -0.281. The first-order chi connectivity index (χ1) is 17.2. The van der Waals surface area contributed by atoms with Crippen molar-refractivity contribution in [2.24, 2.45) is 0 Å². The highest BCUT2D eigenvalue weighted by molar-refractivity contribution is 9.10. The van der Waals surface area contributed by atoms with E-state index in [-0.39, 0.29) is 29.1 Å². The van der Waals surface area contributed by atoms with Gasteiger partial charge in [-0.05, 0) is 48.5 Å². The second kappa shape index (κ2) is 11.2. The Labute approximate surface area is 217 Å². The SMILES string of the molecule is COC(=O)c1ccc(N2C(=O)CC(N(CCN3CCOCC3)S(=O)(=O)c3ccc(Br)cc3)C2=O)cc1. The van der Waals surface area contributed by atoms with Gasteiger partial charge in [0.15, 0.2) is 0 Å². The van der Waals surface area contributed by atoms with Crippen molar-refractivity contribution in [2.45, 2.75) is 17.4 Å². The largest absolute Gasteiger partial charge is 0.465 e. The smallest absolute Gasteiger partial charge is 0.337 e. The Morgan fingerprint density at radius 2 is 1.72 bits per heavy atom. The molecule has 192 valence electrons. The highest BCUT2D eigenvalue weighted by atomic mass is 79.9. The number of hydrogen-bond donors (Lipinski definition) is 0. The number of imide groups is 1. The van der Waals surface area contributed by atoms with Crippen LogP contribution < -0.4 is 4.90 Å². The highest BCUT2D eigenvalue weighted by Gasteiger charge is 2.47. The number of methoxy groups -OCH3 is 1. The lowest BCUT2D eigenvalue weighted by molar-refractivity contribution is -0.122. The highest BCUT2D eigenvalue weighted by Crippen LogP contribution is 2.30. The van der Waals surface area contributed by atoms with Crippen LogP contribution in [0.1, 0.15) is 16.8 Å². The van der Waals surface area contributed by atoms with Crippen molar-refractivity contribution < 1.29 is 32.3 Å². The monoisotopic (exact) mass is 579 g/mol.